The summed E-state index contributed by atoms with van der Waals surface area (Å²) in [7, 11) is -3.70. The second-order valence-corrected chi connectivity index (χ2v) is 8.05. The fraction of sp³-hybridized carbons (Fsp3) is 0.158. The van der Waals surface area contributed by atoms with Gasteiger partial charge in [-0.15, -0.1) is 0 Å². The van der Waals surface area contributed by atoms with Crippen LogP contribution >= 0.6 is 11.6 Å². The maximum absolute atomic E-state index is 12.8. The van der Waals surface area contributed by atoms with Gasteiger partial charge in [-0.1, -0.05) is 35.9 Å². The van der Waals surface area contributed by atoms with Gasteiger partial charge in [-0.2, -0.15) is 10.2 Å². The van der Waals surface area contributed by atoms with Crippen molar-refractivity contribution in [2.45, 2.75) is 24.8 Å². The van der Waals surface area contributed by atoms with Crippen LogP contribution in [0.25, 0.3) is 11.1 Å². The zero-order valence-electron chi connectivity index (χ0n) is 14.3. The molecule has 0 spiro atoms. The van der Waals surface area contributed by atoms with E-state index in [2.05, 4.69) is 14.9 Å². The predicted octanol–water partition coefficient (Wildman–Crippen LogP) is 4.14. The molecule has 0 saturated carbocycles. The van der Waals surface area contributed by atoms with Gasteiger partial charge >= 0.3 is 0 Å². The van der Waals surface area contributed by atoms with Crippen LogP contribution in [0, 0.1) is 6.92 Å². The lowest BCUT2D eigenvalue weighted by molar-refractivity contribution is 0.566. The highest BCUT2D eigenvalue weighted by Crippen LogP contribution is 2.26. The Morgan fingerprint density at radius 1 is 1.04 bits per heavy atom. The molecule has 1 aromatic heterocycles. The van der Waals surface area contributed by atoms with Crippen molar-refractivity contribution in [3.8, 4) is 11.1 Å². The zero-order chi connectivity index (χ0) is 18.7. The fourth-order valence-electron chi connectivity index (χ4n) is 2.69. The van der Waals surface area contributed by atoms with E-state index in [0.717, 1.165) is 16.7 Å². The largest absolute Gasteiger partial charge is 0.241 e. The number of nitrogens with zero attached hydrogens (tertiary/aromatic N) is 2. The number of halogens is 1. The maximum Gasteiger partial charge on any atom is 0.241 e. The molecule has 0 aliphatic rings. The molecule has 1 N–H and O–H groups in total. The summed E-state index contributed by atoms with van der Waals surface area (Å²) in [6.45, 7) is 3.50. The molecule has 134 valence electrons. The number of hydrogen-bond acceptors (Lipinski definition) is 4. The fourth-order valence-corrected chi connectivity index (χ4v) is 4.42. The molecular weight excluding hydrogens is 370 g/mol. The minimum atomic E-state index is -3.70. The third-order valence-electron chi connectivity index (χ3n) is 4.14. The van der Waals surface area contributed by atoms with Gasteiger partial charge in [0.2, 0.25) is 10.0 Å². The van der Waals surface area contributed by atoms with Gasteiger partial charge in [-0.3, -0.25) is 0 Å². The Morgan fingerprint density at radius 3 is 2.54 bits per heavy atom. The van der Waals surface area contributed by atoms with Gasteiger partial charge in [0.1, 0.15) is 0 Å². The summed E-state index contributed by atoms with van der Waals surface area (Å²) in [4.78, 5) is 0.186. The van der Waals surface area contributed by atoms with Crippen molar-refractivity contribution in [3.05, 3.63) is 77.1 Å². The van der Waals surface area contributed by atoms with Crippen molar-refractivity contribution in [1.29, 1.82) is 0 Å². The van der Waals surface area contributed by atoms with Gasteiger partial charge in [-0.25, -0.2) is 13.1 Å². The molecule has 0 unspecified atom stereocenters. The average Bonchev–Trinajstić information content (AvgIpc) is 2.64. The van der Waals surface area contributed by atoms with E-state index in [9.17, 15) is 8.42 Å². The summed E-state index contributed by atoms with van der Waals surface area (Å²) in [5.41, 5.74) is 3.25. The van der Waals surface area contributed by atoms with Crippen LogP contribution in [0.3, 0.4) is 0 Å². The number of sulfonamides is 1. The normalized spacial score (nSPS) is 12.7. The van der Waals surface area contributed by atoms with Gasteiger partial charge < -0.3 is 0 Å². The lowest BCUT2D eigenvalue weighted by Gasteiger charge is -2.17. The molecule has 0 fully saturated rings. The first kappa shape index (κ1) is 18.5. The van der Waals surface area contributed by atoms with Crippen molar-refractivity contribution in [1.82, 2.24) is 14.9 Å². The number of nitrogens with one attached hydrogen (secondary N) is 1. The summed E-state index contributed by atoms with van der Waals surface area (Å²) < 4.78 is 28.2. The third-order valence-corrected chi connectivity index (χ3v) is 6.24. The van der Waals surface area contributed by atoms with E-state index in [1.54, 1.807) is 44.4 Å². The topological polar surface area (TPSA) is 72.0 Å². The van der Waals surface area contributed by atoms with Crippen LogP contribution in [-0.2, 0) is 10.0 Å². The van der Waals surface area contributed by atoms with Crippen molar-refractivity contribution in [2.24, 2.45) is 0 Å². The first-order valence-electron chi connectivity index (χ1n) is 8.03. The molecule has 1 atom stereocenters. The summed E-state index contributed by atoms with van der Waals surface area (Å²) >= 11 is 6.06. The Labute approximate surface area is 158 Å². The first-order chi connectivity index (χ1) is 12.4. The van der Waals surface area contributed by atoms with Gasteiger partial charge in [-0.05, 0) is 54.8 Å². The minimum Gasteiger partial charge on any atom is -0.207 e. The summed E-state index contributed by atoms with van der Waals surface area (Å²) in [5, 5.41) is 8.08. The van der Waals surface area contributed by atoms with Crippen molar-refractivity contribution < 1.29 is 8.42 Å². The number of rotatable bonds is 5. The van der Waals surface area contributed by atoms with Crippen LogP contribution in [0.2, 0.25) is 5.02 Å². The molecule has 0 amide bonds. The molecule has 0 aliphatic heterocycles. The lowest BCUT2D eigenvalue weighted by atomic mass is 10.0. The Morgan fingerprint density at radius 2 is 1.81 bits per heavy atom. The second-order valence-electron chi connectivity index (χ2n) is 5.96. The van der Waals surface area contributed by atoms with E-state index < -0.39 is 16.1 Å². The van der Waals surface area contributed by atoms with E-state index in [1.807, 2.05) is 30.3 Å². The SMILES string of the molecule is Cc1c(Cl)cccc1S(=O)(=O)N[C@@H](C)c1cccc(-c2ccnnc2)c1. The molecule has 0 saturated heterocycles. The number of hydrogen-bond donors (Lipinski definition) is 1. The van der Waals surface area contributed by atoms with Crippen molar-refractivity contribution >= 4 is 21.6 Å². The van der Waals surface area contributed by atoms with E-state index >= 15 is 0 Å². The van der Waals surface area contributed by atoms with Crippen LogP contribution in [-0.4, -0.2) is 18.6 Å². The summed E-state index contributed by atoms with van der Waals surface area (Å²) in [6, 6.07) is 14.0. The summed E-state index contributed by atoms with van der Waals surface area (Å²) in [5.74, 6) is 0. The van der Waals surface area contributed by atoms with Crippen LogP contribution in [0.1, 0.15) is 24.1 Å². The molecule has 7 heteroatoms. The predicted molar refractivity (Wildman–Crippen MR) is 102 cm³/mol. The zero-order valence-corrected chi connectivity index (χ0v) is 15.9. The van der Waals surface area contributed by atoms with E-state index in [-0.39, 0.29) is 4.90 Å². The Hall–Kier alpha value is -2.28. The molecule has 3 aromatic rings. The van der Waals surface area contributed by atoms with Gasteiger partial charge in [0.05, 0.1) is 17.3 Å². The molecule has 0 bridgehead atoms. The van der Waals surface area contributed by atoms with Crippen molar-refractivity contribution in [2.75, 3.05) is 0 Å². The van der Waals surface area contributed by atoms with Gasteiger partial charge in [0, 0.05) is 16.6 Å². The molecule has 0 radical (unpaired) electrons. The van der Waals surface area contributed by atoms with Crippen LogP contribution < -0.4 is 4.72 Å². The molecular formula is C19H18ClN3O2S. The van der Waals surface area contributed by atoms with Gasteiger partial charge in [0.15, 0.2) is 0 Å². The standard InChI is InChI=1S/C19H18ClN3O2S/c1-13-18(20)7-4-8-19(13)26(24,25)23-14(2)15-5-3-6-16(11-15)17-9-10-21-22-12-17/h3-12,14,23H,1-2H3/t14-/m0/s1. The maximum atomic E-state index is 12.8. The number of aromatic nitrogens is 2. The third kappa shape index (κ3) is 3.93. The van der Waals surface area contributed by atoms with Crippen molar-refractivity contribution in [3.63, 3.8) is 0 Å². The lowest BCUT2D eigenvalue weighted by Crippen LogP contribution is -2.27. The molecule has 3 rings (SSSR count). The monoisotopic (exact) mass is 387 g/mol. The molecule has 5 nitrogen and oxygen atoms in total. The highest BCUT2D eigenvalue weighted by Gasteiger charge is 2.21. The second kappa shape index (κ2) is 7.53. The van der Waals surface area contributed by atoms with E-state index in [0.29, 0.717) is 10.6 Å². The molecule has 0 aliphatic carbocycles. The average molecular weight is 388 g/mol. The van der Waals surface area contributed by atoms with E-state index in [1.165, 1.54) is 0 Å². The summed E-state index contributed by atoms with van der Waals surface area (Å²) in [6.07, 6.45) is 3.29. The molecule has 1 heterocycles. The van der Waals surface area contributed by atoms with Crippen LogP contribution in [0.5, 0.6) is 0 Å². The minimum absolute atomic E-state index is 0.186. The Bertz CT molecular complexity index is 1020. The van der Waals surface area contributed by atoms with E-state index in [4.69, 9.17) is 11.6 Å². The van der Waals surface area contributed by atoms with Crippen LogP contribution in [0.4, 0.5) is 0 Å². The molecule has 2 aromatic carbocycles. The quantitative estimate of drug-likeness (QED) is 0.714. The Balaban J connectivity index is 1.88. The highest BCUT2D eigenvalue weighted by molar-refractivity contribution is 7.89. The number of benzene rings is 2. The van der Waals surface area contributed by atoms with Gasteiger partial charge in [0.25, 0.3) is 0 Å². The Kier molecular flexibility index (Phi) is 5.36. The molecule has 26 heavy (non-hydrogen) atoms. The van der Waals surface area contributed by atoms with Crippen LogP contribution in [0.15, 0.2) is 65.8 Å². The highest BCUT2D eigenvalue weighted by atomic mass is 35.5. The smallest absolute Gasteiger partial charge is 0.207 e. The first-order valence-corrected chi connectivity index (χ1v) is 9.89.